The molecule has 2 aromatic carbocycles. The van der Waals surface area contributed by atoms with Gasteiger partial charge in [0.05, 0.1) is 18.8 Å². The molecular weight excluding hydrogens is 732 g/mol. The van der Waals surface area contributed by atoms with Crippen molar-refractivity contribution < 1.29 is 79.2 Å². The van der Waals surface area contributed by atoms with Gasteiger partial charge in [0.1, 0.15) is 12.2 Å². The summed E-state index contributed by atoms with van der Waals surface area (Å²) in [5.74, 6) is -0.990. The molecule has 1 aliphatic rings. The molecular formula is C23H26N2O19P4. The summed E-state index contributed by atoms with van der Waals surface area (Å²) in [6, 6.07) is 15.9. The van der Waals surface area contributed by atoms with Gasteiger partial charge in [0.15, 0.2) is 12.3 Å². The lowest BCUT2D eigenvalue weighted by atomic mass is 10.1. The Morgan fingerprint density at radius 2 is 1.33 bits per heavy atom. The normalized spacial score (nSPS) is 24.4. The number of nitrogens with one attached hydrogen (secondary N) is 1. The number of phosphoric ester groups is 2. The molecule has 4 rings (SSSR count). The lowest BCUT2D eigenvalue weighted by molar-refractivity contribution is -0.0597. The van der Waals surface area contributed by atoms with E-state index in [0.29, 0.717) is 5.56 Å². The first-order chi connectivity index (χ1) is 22.4. The highest BCUT2D eigenvalue weighted by atomic mass is 31.3. The number of esters is 1. The van der Waals surface area contributed by atoms with Gasteiger partial charge >= 0.3 is 42.9 Å². The van der Waals surface area contributed by atoms with Crippen molar-refractivity contribution in [2.45, 2.75) is 31.1 Å². The van der Waals surface area contributed by atoms with E-state index in [9.17, 15) is 57.3 Å². The Morgan fingerprint density at radius 3 is 1.92 bits per heavy atom. The number of carbonyl (C=O) groups is 1. The second kappa shape index (κ2) is 15.3. The van der Waals surface area contributed by atoms with Crippen LogP contribution in [0.3, 0.4) is 0 Å². The smallest absolute Gasteiger partial charge is 0.451 e. The summed E-state index contributed by atoms with van der Waals surface area (Å²) in [6.07, 6.45) is -6.08. The number of aliphatic hydroxyl groups excluding tert-OH is 1. The van der Waals surface area contributed by atoms with Crippen LogP contribution in [0.5, 0.6) is 0 Å². The first-order valence-electron chi connectivity index (χ1n) is 13.0. The predicted molar refractivity (Wildman–Crippen MR) is 157 cm³/mol. The molecule has 1 fully saturated rings. The monoisotopic (exact) mass is 758 g/mol. The minimum absolute atomic E-state index is 0.0226. The Hall–Kier alpha value is -2.93. The topological polar surface area (TPSA) is 306 Å². The summed E-state index contributed by atoms with van der Waals surface area (Å²) >= 11 is 0. The number of phosphoric acid groups is 4. The van der Waals surface area contributed by atoms with Gasteiger partial charge in [-0.05, 0) is 17.7 Å². The molecule has 6 N–H and O–H groups in total. The van der Waals surface area contributed by atoms with E-state index < -0.39 is 86.3 Å². The van der Waals surface area contributed by atoms with Crippen LogP contribution in [0.4, 0.5) is 0 Å². The molecule has 0 radical (unpaired) electrons. The van der Waals surface area contributed by atoms with Crippen molar-refractivity contribution in [1.29, 1.82) is 0 Å². The van der Waals surface area contributed by atoms with Gasteiger partial charge in [0.25, 0.3) is 5.56 Å². The van der Waals surface area contributed by atoms with Crippen molar-refractivity contribution in [2.24, 2.45) is 0 Å². The quantitative estimate of drug-likeness (QED) is 0.0949. The van der Waals surface area contributed by atoms with E-state index in [1.165, 1.54) is 36.4 Å². The highest BCUT2D eigenvalue weighted by Gasteiger charge is 2.50. The van der Waals surface area contributed by atoms with Crippen LogP contribution in [0.2, 0.25) is 0 Å². The summed E-state index contributed by atoms with van der Waals surface area (Å²) in [5.41, 5.74) is -1.52. The maximum atomic E-state index is 12.7. The van der Waals surface area contributed by atoms with Gasteiger partial charge < -0.3 is 34.2 Å². The molecule has 1 aliphatic heterocycles. The first-order valence-corrected chi connectivity index (χ1v) is 19.0. The minimum Gasteiger partial charge on any atom is -0.451 e. The van der Waals surface area contributed by atoms with Crippen LogP contribution in [0.25, 0.3) is 0 Å². The largest absolute Gasteiger partial charge is 0.490 e. The Balaban J connectivity index is 1.41. The van der Waals surface area contributed by atoms with Gasteiger partial charge in [0.2, 0.25) is 0 Å². The fraction of sp³-hybridized carbons (Fsp3) is 0.261. The third-order valence-corrected chi connectivity index (χ3v) is 11.8. The minimum atomic E-state index is -6.13. The summed E-state index contributed by atoms with van der Waals surface area (Å²) < 4.78 is 81.1. The summed E-state index contributed by atoms with van der Waals surface area (Å²) in [7, 11) is -23.4. The zero-order valence-electron chi connectivity index (χ0n) is 23.8. The Labute approximate surface area is 268 Å². The summed E-state index contributed by atoms with van der Waals surface area (Å²) in [6.45, 7) is -1.80. The van der Waals surface area contributed by atoms with Gasteiger partial charge in [-0.25, -0.2) is 27.8 Å². The lowest BCUT2D eigenvalue weighted by Crippen LogP contribution is -2.40. The number of carbonyl (C=O) groups excluding carboxylic acids is 1. The number of aliphatic hydroxyl groups is 1. The molecule has 2 heterocycles. The Bertz CT molecular complexity index is 1900. The van der Waals surface area contributed by atoms with Crippen LogP contribution in [0, 0.1) is 0 Å². The third-order valence-electron chi connectivity index (χ3n) is 5.95. The number of benzene rings is 2. The highest BCUT2D eigenvalue weighted by Crippen LogP contribution is 2.71. The predicted octanol–water partition coefficient (Wildman–Crippen LogP) is 1.71. The molecule has 0 amide bonds. The molecule has 48 heavy (non-hydrogen) atoms. The van der Waals surface area contributed by atoms with E-state index >= 15 is 0 Å². The SMILES string of the molecule is O=C(O[C@H]1C(O)[C@@H](COP(=O)(O)OP(=O)(O)OP(=O)(O)OP(=O)(O)OCc2ccccc2)O[C@H]1n1ccc(=O)[nH]c1=O)c1ccccc1. The number of hydrogen-bond donors (Lipinski definition) is 6. The van der Waals surface area contributed by atoms with E-state index in [4.69, 9.17) is 9.47 Å². The molecule has 262 valence electrons. The van der Waals surface area contributed by atoms with Crippen LogP contribution in [-0.4, -0.2) is 65.1 Å². The molecule has 1 saturated heterocycles. The number of nitrogens with zero attached hydrogens (tertiary/aromatic N) is 1. The van der Waals surface area contributed by atoms with Crippen LogP contribution in [-0.2, 0) is 56.3 Å². The molecule has 1 aromatic heterocycles. The number of ether oxygens (including phenoxy) is 2. The van der Waals surface area contributed by atoms with Gasteiger partial charge in [-0.3, -0.25) is 23.4 Å². The Morgan fingerprint density at radius 1 is 0.792 bits per heavy atom. The standard InChI is InChI=1S/C23H26N2O19P4/c26-18-11-12-25(23(29)24-18)21-20(41-22(28)16-9-5-2-6-10-16)19(27)17(40-21)14-39-46(32,33)43-48(36,37)44-47(34,35)42-45(30,31)38-13-15-7-3-1-4-8-15/h1-12,17,19-21,27H,13-14H2,(H,30,31)(H,32,33)(H,34,35)(H,36,37)(H,24,26,29)/t17-,19?,20+,21-/m1/s1. The molecule has 25 heteroatoms. The number of hydrogen-bond acceptors (Lipinski definition) is 15. The Kier molecular flexibility index (Phi) is 12.1. The van der Waals surface area contributed by atoms with Crippen molar-refractivity contribution >= 4 is 37.3 Å². The molecule has 0 bridgehead atoms. The second-order valence-electron chi connectivity index (χ2n) is 9.48. The van der Waals surface area contributed by atoms with Gasteiger partial charge in [-0.1, -0.05) is 48.5 Å². The van der Waals surface area contributed by atoms with Gasteiger partial charge in [-0.15, -0.1) is 0 Å². The van der Waals surface area contributed by atoms with E-state index in [-0.39, 0.29) is 5.56 Å². The first kappa shape index (κ1) is 37.9. The van der Waals surface area contributed by atoms with E-state index in [1.807, 2.05) is 4.98 Å². The number of rotatable bonds is 15. The average Bonchev–Trinajstić information content (AvgIpc) is 3.28. The fourth-order valence-electron chi connectivity index (χ4n) is 3.97. The lowest BCUT2D eigenvalue weighted by Gasteiger charge is -2.22. The molecule has 0 spiro atoms. The molecule has 3 aromatic rings. The number of aromatic amines is 1. The fourth-order valence-corrected chi connectivity index (χ4v) is 8.90. The summed E-state index contributed by atoms with van der Waals surface area (Å²) in [5, 5.41) is 10.9. The van der Waals surface area contributed by atoms with Crippen LogP contribution >= 0.6 is 31.3 Å². The van der Waals surface area contributed by atoms with Crippen LogP contribution in [0.15, 0.2) is 82.5 Å². The van der Waals surface area contributed by atoms with Gasteiger partial charge in [0, 0.05) is 12.3 Å². The molecule has 21 nitrogen and oxygen atoms in total. The van der Waals surface area contributed by atoms with E-state index in [2.05, 4.69) is 22.0 Å². The van der Waals surface area contributed by atoms with Crippen molar-refractivity contribution in [3.8, 4) is 0 Å². The summed E-state index contributed by atoms with van der Waals surface area (Å²) in [4.78, 5) is 77.8. The third kappa shape index (κ3) is 10.8. The van der Waals surface area contributed by atoms with Crippen LogP contribution in [0.1, 0.15) is 22.1 Å². The van der Waals surface area contributed by atoms with E-state index in [1.54, 1.807) is 24.3 Å². The average molecular weight is 758 g/mol. The van der Waals surface area contributed by atoms with Crippen molar-refractivity contribution in [1.82, 2.24) is 9.55 Å². The molecule has 8 atom stereocenters. The maximum absolute atomic E-state index is 12.7. The van der Waals surface area contributed by atoms with Crippen molar-refractivity contribution in [3.63, 3.8) is 0 Å². The van der Waals surface area contributed by atoms with Crippen LogP contribution < -0.4 is 11.2 Å². The van der Waals surface area contributed by atoms with Crippen molar-refractivity contribution in [3.05, 3.63) is 105 Å². The number of H-pyrrole nitrogens is 1. The maximum Gasteiger partial charge on any atom is 0.490 e. The van der Waals surface area contributed by atoms with Gasteiger partial charge in [-0.2, -0.15) is 12.9 Å². The number of aromatic nitrogens is 2. The molecule has 0 aliphatic carbocycles. The molecule has 0 saturated carbocycles. The zero-order chi connectivity index (χ0) is 35.3. The zero-order valence-corrected chi connectivity index (χ0v) is 27.4. The van der Waals surface area contributed by atoms with E-state index in [0.717, 1.165) is 16.8 Å². The highest BCUT2D eigenvalue weighted by molar-refractivity contribution is 7.69. The molecule has 5 unspecified atom stereocenters. The van der Waals surface area contributed by atoms with Crippen molar-refractivity contribution in [2.75, 3.05) is 6.61 Å². The second-order valence-corrected chi connectivity index (χ2v) is 15.7.